The lowest BCUT2D eigenvalue weighted by atomic mass is 9.85. The van der Waals surface area contributed by atoms with Gasteiger partial charge in [0.05, 0.1) is 0 Å². The van der Waals surface area contributed by atoms with Crippen LogP contribution in [0.4, 0.5) is 0 Å². The fraction of sp³-hybridized carbons (Fsp3) is 0.667. The van der Waals surface area contributed by atoms with E-state index in [2.05, 4.69) is 6.08 Å². The Balaban J connectivity index is 2.25. The lowest BCUT2D eigenvalue weighted by Gasteiger charge is -2.20. The summed E-state index contributed by atoms with van der Waals surface area (Å²) in [5.41, 5.74) is 0. The zero-order valence-corrected chi connectivity index (χ0v) is 7.10. The number of carbonyl (C=O) groups is 1. The third kappa shape index (κ3) is 0.894. The Morgan fingerprint density at radius 3 is 2.83 bits per heavy atom. The molecule has 12 heavy (non-hydrogen) atoms. The van der Waals surface area contributed by atoms with Crippen LogP contribution in [0.25, 0.3) is 0 Å². The third-order valence-corrected chi connectivity index (χ3v) is 2.93. The van der Waals surface area contributed by atoms with Crippen molar-refractivity contribution < 1.29 is 9.90 Å². The van der Waals surface area contributed by atoms with Crippen molar-refractivity contribution in [2.75, 3.05) is 7.05 Å². The Morgan fingerprint density at radius 2 is 2.17 bits per heavy atom. The van der Waals surface area contributed by atoms with Gasteiger partial charge in [-0.15, -0.1) is 0 Å². The van der Waals surface area contributed by atoms with E-state index in [0.29, 0.717) is 0 Å². The van der Waals surface area contributed by atoms with Crippen LogP contribution in [-0.2, 0) is 4.79 Å². The summed E-state index contributed by atoms with van der Waals surface area (Å²) in [5, 5.41) is 9.63. The van der Waals surface area contributed by atoms with E-state index in [0.717, 1.165) is 12.8 Å². The molecule has 66 valence electrons. The monoisotopic (exact) mass is 167 g/mol. The van der Waals surface area contributed by atoms with Crippen molar-refractivity contribution in [2.24, 2.45) is 11.8 Å². The maximum atomic E-state index is 11.5. The predicted molar refractivity (Wildman–Crippen MR) is 44.1 cm³/mol. The number of hydrogen-bond acceptors (Lipinski definition) is 2. The van der Waals surface area contributed by atoms with Gasteiger partial charge in [0, 0.05) is 18.9 Å². The number of aliphatic hydroxyl groups excluding tert-OH is 1. The molecule has 3 atom stereocenters. The first kappa shape index (κ1) is 7.80. The van der Waals surface area contributed by atoms with E-state index in [4.69, 9.17) is 0 Å². The van der Waals surface area contributed by atoms with Gasteiger partial charge >= 0.3 is 0 Å². The first-order chi connectivity index (χ1) is 5.72. The fourth-order valence-corrected chi connectivity index (χ4v) is 2.13. The first-order valence-corrected chi connectivity index (χ1v) is 4.31. The Labute approximate surface area is 71.7 Å². The molecule has 1 heterocycles. The molecular weight excluding hydrogens is 154 g/mol. The molecular formula is C9H13NO2. The molecule has 2 rings (SSSR count). The molecule has 1 fully saturated rings. The van der Waals surface area contributed by atoms with Gasteiger partial charge in [-0.3, -0.25) is 4.79 Å². The van der Waals surface area contributed by atoms with Crippen LogP contribution in [0, 0.1) is 11.8 Å². The summed E-state index contributed by atoms with van der Waals surface area (Å²) in [6.07, 6.45) is 5.15. The van der Waals surface area contributed by atoms with Crippen molar-refractivity contribution in [3.63, 3.8) is 0 Å². The van der Waals surface area contributed by atoms with Crippen LogP contribution in [0.2, 0.25) is 0 Å². The average Bonchev–Trinajstić information content (AvgIpc) is 2.33. The molecule has 2 aliphatic rings. The summed E-state index contributed by atoms with van der Waals surface area (Å²) in [5.74, 6) is 0.263. The van der Waals surface area contributed by atoms with Crippen molar-refractivity contribution in [3.05, 3.63) is 12.2 Å². The topological polar surface area (TPSA) is 40.5 Å². The molecule has 0 saturated carbocycles. The summed E-state index contributed by atoms with van der Waals surface area (Å²) >= 11 is 0. The Hall–Kier alpha value is -0.830. The number of nitrogens with zero attached hydrogens (tertiary/aromatic N) is 1. The van der Waals surface area contributed by atoms with Crippen LogP contribution in [-0.4, -0.2) is 29.2 Å². The number of amides is 1. The highest BCUT2D eigenvalue weighted by Crippen LogP contribution is 2.36. The van der Waals surface area contributed by atoms with Gasteiger partial charge in [0.25, 0.3) is 0 Å². The van der Waals surface area contributed by atoms with E-state index in [9.17, 15) is 9.90 Å². The zero-order valence-electron chi connectivity index (χ0n) is 7.10. The van der Waals surface area contributed by atoms with Crippen LogP contribution in [0.1, 0.15) is 12.8 Å². The van der Waals surface area contributed by atoms with Crippen molar-refractivity contribution in [1.29, 1.82) is 0 Å². The minimum atomic E-state index is -0.563. The van der Waals surface area contributed by atoms with Gasteiger partial charge < -0.3 is 10.0 Å². The second-order valence-electron chi connectivity index (χ2n) is 3.58. The number of carbonyl (C=O) groups excluding carboxylic acids is 1. The molecule has 3 unspecified atom stereocenters. The first-order valence-electron chi connectivity index (χ1n) is 4.31. The standard InChI is InChI=1S/C9H13NO2/c1-10-8(11)6-4-2-3-5-7(6)9(10)12/h2-3,6-8,11H,4-5H2,1H3. The minimum Gasteiger partial charge on any atom is -0.373 e. The van der Waals surface area contributed by atoms with Crippen LogP contribution in [0.3, 0.4) is 0 Å². The summed E-state index contributed by atoms with van der Waals surface area (Å²) in [7, 11) is 1.67. The maximum absolute atomic E-state index is 11.5. The lowest BCUT2D eigenvalue weighted by Crippen LogP contribution is -2.30. The molecule has 1 aliphatic carbocycles. The van der Waals surface area contributed by atoms with E-state index in [1.165, 1.54) is 4.90 Å². The van der Waals surface area contributed by atoms with Crippen LogP contribution >= 0.6 is 0 Å². The number of rotatable bonds is 0. The number of aliphatic hydroxyl groups is 1. The SMILES string of the molecule is CN1C(=O)C2CC=CCC2C1O. The Morgan fingerprint density at radius 1 is 1.50 bits per heavy atom. The second-order valence-corrected chi connectivity index (χ2v) is 3.58. The van der Waals surface area contributed by atoms with Crippen LogP contribution in [0.5, 0.6) is 0 Å². The van der Waals surface area contributed by atoms with Crippen molar-refractivity contribution in [2.45, 2.75) is 19.1 Å². The molecule has 0 radical (unpaired) electrons. The second kappa shape index (κ2) is 2.59. The predicted octanol–water partition coefficient (Wildman–Crippen LogP) is 0.359. The smallest absolute Gasteiger partial charge is 0.228 e. The molecule has 1 saturated heterocycles. The average molecular weight is 167 g/mol. The van der Waals surface area contributed by atoms with Gasteiger partial charge in [-0.2, -0.15) is 0 Å². The van der Waals surface area contributed by atoms with Crippen molar-refractivity contribution in [1.82, 2.24) is 4.90 Å². The largest absolute Gasteiger partial charge is 0.373 e. The van der Waals surface area contributed by atoms with Gasteiger partial charge in [0.1, 0.15) is 6.23 Å². The minimum absolute atomic E-state index is 0.0370. The Kier molecular flexibility index (Phi) is 1.68. The maximum Gasteiger partial charge on any atom is 0.228 e. The highest BCUT2D eigenvalue weighted by molar-refractivity contribution is 5.81. The van der Waals surface area contributed by atoms with Crippen molar-refractivity contribution in [3.8, 4) is 0 Å². The summed E-state index contributed by atoms with van der Waals surface area (Å²) in [6, 6.07) is 0. The van der Waals surface area contributed by atoms with Crippen LogP contribution in [0.15, 0.2) is 12.2 Å². The molecule has 1 N–H and O–H groups in total. The number of fused-ring (bicyclic) bond motifs is 1. The van der Waals surface area contributed by atoms with Gasteiger partial charge in [0.2, 0.25) is 5.91 Å². The normalized spacial score (nSPS) is 40.3. The highest BCUT2D eigenvalue weighted by atomic mass is 16.3. The van der Waals surface area contributed by atoms with Gasteiger partial charge in [0.15, 0.2) is 0 Å². The number of likely N-dealkylation sites (tertiary alicyclic amines) is 1. The lowest BCUT2D eigenvalue weighted by molar-refractivity contribution is -0.133. The zero-order chi connectivity index (χ0) is 8.72. The van der Waals surface area contributed by atoms with E-state index in [1.54, 1.807) is 7.05 Å². The molecule has 1 aliphatic heterocycles. The number of hydrogen-bond donors (Lipinski definition) is 1. The summed E-state index contributed by atoms with van der Waals surface area (Å²) in [4.78, 5) is 12.9. The molecule has 3 nitrogen and oxygen atoms in total. The molecule has 0 aromatic heterocycles. The third-order valence-electron chi connectivity index (χ3n) is 2.93. The van der Waals surface area contributed by atoms with E-state index < -0.39 is 6.23 Å². The van der Waals surface area contributed by atoms with Crippen molar-refractivity contribution >= 4 is 5.91 Å². The van der Waals surface area contributed by atoms with E-state index in [-0.39, 0.29) is 17.7 Å². The fourth-order valence-electron chi connectivity index (χ4n) is 2.13. The molecule has 3 heteroatoms. The van der Waals surface area contributed by atoms with E-state index >= 15 is 0 Å². The summed E-state index contributed by atoms with van der Waals surface area (Å²) in [6.45, 7) is 0. The Bertz CT molecular complexity index is 237. The van der Waals surface area contributed by atoms with Gasteiger partial charge in [-0.05, 0) is 12.8 Å². The number of allylic oxidation sites excluding steroid dienone is 2. The highest BCUT2D eigenvalue weighted by Gasteiger charge is 2.44. The molecule has 1 amide bonds. The molecule has 0 aromatic carbocycles. The molecule has 0 bridgehead atoms. The summed E-state index contributed by atoms with van der Waals surface area (Å²) < 4.78 is 0. The van der Waals surface area contributed by atoms with Crippen LogP contribution < -0.4 is 0 Å². The molecule has 0 aromatic rings. The van der Waals surface area contributed by atoms with Gasteiger partial charge in [-0.25, -0.2) is 0 Å². The quantitative estimate of drug-likeness (QED) is 0.529. The van der Waals surface area contributed by atoms with E-state index in [1.807, 2.05) is 6.08 Å². The van der Waals surface area contributed by atoms with Gasteiger partial charge in [-0.1, -0.05) is 12.2 Å². The molecule has 0 spiro atoms.